The molecule has 0 saturated carbocycles. The minimum Gasteiger partial charge on any atom is -0.486 e. The Morgan fingerprint density at radius 3 is 2.57 bits per heavy atom. The first-order valence-electron chi connectivity index (χ1n) is 19.0. The molecule has 2 bridgehead atoms. The molecule has 14 nitrogen and oxygen atoms in total. The summed E-state index contributed by atoms with van der Waals surface area (Å²) in [5.41, 5.74) is 1.28. The quantitative estimate of drug-likeness (QED) is 0.362. The number of aliphatic hydroxyl groups is 1. The Kier molecular flexibility index (Phi) is 14.1. The topological polar surface area (TPSA) is 172 Å². The maximum absolute atomic E-state index is 14.4. The molecule has 1 saturated heterocycles. The van der Waals surface area contributed by atoms with E-state index in [1.54, 1.807) is 36.4 Å². The van der Waals surface area contributed by atoms with Crippen molar-refractivity contribution in [2.75, 3.05) is 13.6 Å². The lowest BCUT2D eigenvalue weighted by molar-refractivity contribution is -0.147. The number of hydrogen-bond donors (Lipinski definition) is 3. The number of aliphatic hydroxyl groups excluding tert-OH is 1. The van der Waals surface area contributed by atoms with Crippen LogP contribution in [-0.4, -0.2) is 102 Å². The molecule has 0 radical (unpaired) electrons. The zero-order valence-corrected chi connectivity index (χ0v) is 31.6. The summed E-state index contributed by atoms with van der Waals surface area (Å²) in [6, 6.07) is 3.91. The van der Waals surface area contributed by atoms with Gasteiger partial charge >= 0.3 is 0 Å². The van der Waals surface area contributed by atoms with Gasteiger partial charge in [-0.1, -0.05) is 50.8 Å². The maximum Gasteiger partial charge on any atom is 0.255 e. The van der Waals surface area contributed by atoms with Gasteiger partial charge in [0.15, 0.2) is 0 Å². The maximum atomic E-state index is 14.4. The molecule has 15 heteroatoms. The number of halogens is 1. The summed E-state index contributed by atoms with van der Waals surface area (Å²) in [6.07, 6.45) is 9.99. The predicted molar refractivity (Wildman–Crippen MR) is 197 cm³/mol. The third-order valence-corrected chi connectivity index (χ3v) is 9.99. The van der Waals surface area contributed by atoms with Crippen LogP contribution in [0.1, 0.15) is 93.8 Å². The number of fused-ring (bicyclic) bond motifs is 4. The zero-order valence-electron chi connectivity index (χ0n) is 31.6. The van der Waals surface area contributed by atoms with Crippen molar-refractivity contribution in [2.24, 2.45) is 5.92 Å². The Hall–Kier alpha value is -4.92. The molecule has 54 heavy (non-hydrogen) atoms. The molecule has 0 aliphatic carbocycles. The van der Waals surface area contributed by atoms with Gasteiger partial charge in [-0.25, -0.2) is 4.39 Å². The first-order valence-corrected chi connectivity index (χ1v) is 19.0. The van der Waals surface area contributed by atoms with Gasteiger partial charge in [-0.05, 0) is 55.9 Å². The van der Waals surface area contributed by atoms with Crippen LogP contribution in [0, 0.1) is 11.7 Å². The molecule has 0 unspecified atom stereocenters. The van der Waals surface area contributed by atoms with Gasteiger partial charge in [0.1, 0.15) is 42.0 Å². The molecule has 5 rings (SSSR count). The molecule has 2 aliphatic rings. The van der Waals surface area contributed by atoms with Gasteiger partial charge in [0.2, 0.25) is 17.7 Å². The summed E-state index contributed by atoms with van der Waals surface area (Å²) < 4.78 is 22.1. The van der Waals surface area contributed by atoms with Gasteiger partial charge in [-0.3, -0.25) is 28.8 Å². The number of ether oxygens (including phenoxy) is 1. The number of likely N-dealkylation sites (N-methyl/N-ethyl adjacent to an activating group) is 1. The number of aryl methyl sites for hydroxylation is 1. The second-order valence-electron chi connectivity index (χ2n) is 15.0. The van der Waals surface area contributed by atoms with E-state index in [1.165, 1.54) is 15.9 Å². The number of nitrogens with one attached hydrogen (secondary N) is 2. The minimum absolute atomic E-state index is 0.0130. The van der Waals surface area contributed by atoms with Crippen molar-refractivity contribution in [1.29, 1.82) is 0 Å². The van der Waals surface area contributed by atoms with Crippen LogP contribution in [0.25, 0.3) is 0 Å². The van der Waals surface area contributed by atoms with E-state index in [4.69, 9.17) is 4.74 Å². The molecule has 292 valence electrons. The highest BCUT2D eigenvalue weighted by molar-refractivity contribution is 6.00. The Bertz CT molecular complexity index is 1740. The van der Waals surface area contributed by atoms with Crippen LogP contribution in [-0.2, 0) is 34.0 Å². The highest BCUT2D eigenvalue weighted by atomic mass is 19.1. The smallest absolute Gasteiger partial charge is 0.255 e. The first kappa shape index (κ1) is 40.3. The monoisotopic (exact) mass is 748 g/mol. The molecule has 4 heterocycles. The highest BCUT2D eigenvalue weighted by Gasteiger charge is 2.44. The van der Waals surface area contributed by atoms with Crippen molar-refractivity contribution in [2.45, 2.75) is 122 Å². The average Bonchev–Trinajstić information content (AvgIpc) is 3.77. The average molecular weight is 749 g/mol. The number of carbonyl (C=O) groups is 4. The van der Waals surface area contributed by atoms with Gasteiger partial charge in [-0.2, -0.15) is 0 Å². The fourth-order valence-electron chi connectivity index (χ4n) is 7.09. The van der Waals surface area contributed by atoms with Gasteiger partial charge in [0.05, 0.1) is 17.9 Å². The summed E-state index contributed by atoms with van der Waals surface area (Å²) in [4.78, 5) is 63.2. The van der Waals surface area contributed by atoms with E-state index >= 15 is 0 Å². The Balaban J connectivity index is 1.44. The molecule has 4 amide bonds. The third kappa shape index (κ3) is 10.8. The molecule has 2 aromatic heterocycles. The predicted octanol–water partition coefficient (Wildman–Crippen LogP) is 3.43. The molecule has 1 fully saturated rings. The Morgan fingerprint density at radius 1 is 1.04 bits per heavy atom. The summed E-state index contributed by atoms with van der Waals surface area (Å²) in [5, 5.41) is 25.1. The fourth-order valence-corrected chi connectivity index (χ4v) is 7.09. The zero-order chi connectivity index (χ0) is 38.8. The van der Waals surface area contributed by atoms with Crippen LogP contribution >= 0.6 is 0 Å². The molecule has 2 aliphatic heterocycles. The summed E-state index contributed by atoms with van der Waals surface area (Å²) in [6.45, 7) is 6.22. The molecule has 3 N–H and O–H groups in total. The third-order valence-electron chi connectivity index (χ3n) is 9.99. The van der Waals surface area contributed by atoms with E-state index in [1.807, 2.05) is 26.8 Å². The first-order chi connectivity index (χ1) is 25.9. The van der Waals surface area contributed by atoms with Crippen molar-refractivity contribution in [3.8, 4) is 5.75 Å². The van der Waals surface area contributed by atoms with Crippen molar-refractivity contribution < 1.29 is 33.4 Å². The van der Waals surface area contributed by atoms with E-state index in [-0.39, 0.29) is 61.6 Å². The minimum atomic E-state index is -1.09. The van der Waals surface area contributed by atoms with Gasteiger partial charge in [0, 0.05) is 57.5 Å². The van der Waals surface area contributed by atoms with Gasteiger partial charge < -0.3 is 30.3 Å². The van der Waals surface area contributed by atoms with E-state index in [0.29, 0.717) is 12.2 Å². The Morgan fingerprint density at radius 2 is 1.81 bits per heavy atom. The van der Waals surface area contributed by atoms with E-state index in [0.717, 1.165) is 56.2 Å². The number of nitrogens with zero attached hydrogens (tertiary/aromatic N) is 6. The summed E-state index contributed by atoms with van der Waals surface area (Å²) in [7, 11) is 1.54. The molecule has 3 aromatic rings. The van der Waals surface area contributed by atoms with Crippen LogP contribution in [0.2, 0.25) is 0 Å². The highest BCUT2D eigenvalue weighted by Crippen LogP contribution is 2.26. The fraction of sp³-hybridized carbons (Fsp3) is 0.564. The lowest BCUT2D eigenvalue weighted by Crippen LogP contribution is -2.57. The van der Waals surface area contributed by atoms with Crippen LogP contribution in [0.15, 0.2) is 48.9 Å². The number of rotatable bonds is 4. The number of aromatic nitrogens is 4. The molecule has 0 spiro atoms. The van der Waals surface area contributed by atoms with Crippen LogP contribution in [0.3, 0.4) is 0 Å². The van der Waals surface area contributed by atoms with E-state index in [2.05, 4.69) is 25.9 Å². The summed E-state index contributed by atoms with van der Waals surface area (Å²) >= 11 is 0. The summed E-state index contributed by atoms with van der Waals surface area (Å²) in [5.74, 6) is -2.74. The lowest BCUT2D eigenvalue weighted by Gasteiger charge is -2.34. The van der Waals surface area contributed by atoms with Crippen LogP contribution in [0.4, 0.5) is 4.39 Å². The second-order valence-corrected chi connectivity index (χ2v) is 15.0. The van der Waals surface area contributed by atoms with Crippen molar-refractivity contribution >= 4 is 23.6 Å². The Labute approximate surface area is 315 Å². The number of benzene rings is 1. The standard InChI is InChI=1S/C39H53FN8O6/c1-25(2)17-32-38(52)48-23-30(49)20-34(48)39(53)46(4)33(18-27-12-10-15-41-21-27)37(51)42-26(3)11-8-6-5-7-9-16-47-22-29(44-45-47)24-54-35-19-28(40)13-14-31(35)36(50)43-32/h10,12-15,19,21-22,25-26,30,32-34,49H,5-9,11,16-18,20,23-24H2,1-4H3,(H,42,51)(H,43,50)/t26-,30-,32+,33-,34+/m0/s1. The number of amides is 4. The number of pyridine rings is 1. The molecule has 1 aromatic carbocycles. The van der Waals surface area contributed by atoms with Crippen LogP contribution < -0.4 is 15.4 Å². The number of hydrogen-bond acceptors (Lipinski definition) is 9. The lowest BCUT2D eigenvalue weighted by atomic mass is 10.0. The normalized spacial score (nSPS) is 24.4. The van der Waals surface area contributed by atoms with Crippen molar-refractivity contribution in [3.05, 3.63) is 71.6 Å². The molecule has 5 atom stereocenters. The largest absolute Gasteiger partial charge is 0.486 e. The molecular weight excluding hydrogens is 695 g/mol. The van der Waals surface area contributed by atoms with Gasteiger partial charge in [0.25, 0.3) is 5.91 Å². The van der Waals surface area contributed by atoms with E-state index < -0.39 is 47.8 Å². The SMILES string of the molecule is CC(C)C[C@H]1NC(=O)c2ccc(F)cc2OCc2cn(nn2)CCCCCCC[C@H](C)NC(=O)[C@H](Cc2cccnc2)N(C)C(=O)[C@H]2C[C@H](O)CN2C1=O. The van der Waals surface area contributed by atoms with Crippen LogP contribution in [0.5, 0.6) is 5.75 Å². The van der Waals surface area contributed by atoms with E-state index in [9.17, 15) is 28.7 Å². The van der Waals surface area contributed by atoms with Crippen molar-refractivity contribution in [1.82, 2.24) is 40.4 Å². The molecular formula is C39H53FN8O6. The van der Waals surface area contributed by atoms with Crippen molar-refractivity contribution in [3.63, 3.8) is 0 Å². The van der Waals surface area contributed by atoms with Gasteiger partial charge in [-0.15, -0.1) is 5.10 Å². The second kappa shape index (κ2) is 18.9. The number of carbonyl (C=O) groups excluding carboxylic acids is 4.